The third-order valence-electron chi connectivity index (χ3n) is 7.49. The number of nitrogens with zero attached hydrogens (tertiary/aromatic N) is 6. The molecular weight excluding hydrogens is 536 g/mol. The molecule has 1 unspecified atom stereocenters. The Labute approximate surface area is 244 Å². The Morgan fingerprint density at radius 3 is 2.85 bits per heavy atom. The lowest BCUT2D eigenvalue weighted by molar-refractivity contribution is 0.192. The molecule has 0 amide bonds. The molecule has 9 nitrogen and oxygen atoms in total. The van der Waals surface area contributed by atoms with E-state index in [0.29, 0.717) is 35.1 Å². The van der Waals surface area contributed by atoms with Crippen LogP contribution in [0.3, 0.4) is 0 Å². The quantitative estimate of drug-likeness (QED) is 0.227. The largest absolute Gasteiger partial charge is 0.491 e. The molecule has 1 fully saturated rings. The number of halogens is 1. The van der Waals surface area contributed by atoms with Crippen molar-refractivity contribution in [2.75, 3.05) is 51.4 Å². The number of ether oxygens (including phenoxy) is 1. The van der Waals surface area contributed by atoms with Crippen molar-refractivity contribution in [2.45, 2.75) is 12.5 Å². The molecule has 1 aliphatic rings. The van der Waals surface area contributed by atoms with Crippen molar-refractivity contribution in [2.24, 2.45) is 0 Å². The first kappa shape index (κ1) is 27.0. The minimum absolute atomic E-state index is 0.453. The molecule has 6 rings (SSSR count). The van der Waals surface area contributed by atoms with Gasteiger partial charge in [-0.05, 0) is 69.5 Å². The van der Waals surface area contributed by atoms with Gasteiger partial charge in [-0.25, -0.2) is 14.5 Å². The number of anilines is 3. The lowest BCUT2D eigenvalue weighted by atomic mass is 10.0. The Hall–Kier alpha value is -4.18. The summed E-state index contributed by atoms with van der Waals surface area (Å²) in [5.41, 5.74) is 11.8. The molecule has 10 heteroatoms. The van der Waals surface area contributed by atoms with E-state index in [1.165, 1.54) is 6.42 Å². The first-order valence-electron chi connectivity index (χ1n) is 13.7. The lowest BCUT2D eigenvalue weighted by Gasteiger charge is -2.24. The summed E-state index contributed by atoms with van der Waals surface area (Å²) in [6.07, 6.45) is 4.85. The lowest BCUT2D eigenvalue weighted by Crippen LogP contribution is -2.36. The van der Waals surface area contributed by atoms with Crippen LogP contribution in [0.4, 0.5) is 17.3 Å². The zero-order chi connectivity index (χ0) is 28.3. The second-order valence-corrected chi connectivity index (χ2v) is 10.9. The first-order valence-corrected chi connectivity index (χ1v) is 14.1. The molecule has 1 saturated heterocycles. The van der Waals surface area contributed by atoms with E-state index < -0.39 is 0 Å². The van der Waals surface area contributed by atoms with Crippen molar-refractivity contribution in [3.05, 3.63) is 84.1 Å². The number of hydrogen-bond donors (Lipinski definition) is 2. The minimum atomic E-state index is 0.453. The Balaban J connectivity index is 1.22. The van der Waals surface area contributed by atoms with Crippen LogP contribution >= 0.6 is 11.6 Å². The van der Waals surface area contributed by atoms with Gasteiger partial charge in [-0.3, -0.25) is 4.90 Å². The summed E-state index contributed by atoms with van der Waals surface area (Å²) >= 11 is 6.47. The normalized spacial score (nSPS) is 15.6. The Morgan fingerprint density at radius 1 is 1.12 bits per heavy atom. The van der Waals surface area contributed by atoms with Crippen molar-refractivity contribution in [3.63, 3.8) is 0 Å². The molecule has 0 radical (unpaired) electrons. The number of nitrogens with two attached hydrogens (primary N) is 1. The Bertz CT molecular complexity index is 1670. The molecule has 0 aliphatic carbocycles. The van der Waals surface area contributed by atoms with Gasteiger partial charge in [0.25, 0.3) is 0 Å². The standard InChI is InChI=1S/C31H33ClN8O/c1-38-15-12-24(20-38)39(2)16-17-41-28-19-23(9-10-25(28)32)35-31-34-13-11-26(36-31)29-27-8-3-4-14-40(27)37-30(29)21-6-5-7-22(33)18-21/h3-11,13-14,18-19,24H,12,15-17,20,33H2,1-2H3,(H,34,35,36). The van der Waals surface area contributed by atoms with Crippen molar-refractivity contribution in [1.29, 1.82) is 0 Å². The van der Waals surface area contributed by atoms with Crippen molar-refractivity contribution in [1.82, 2.24) is 29.4 Å². The maximum atomic E-state index is 6.47. The van der Waals surface area contributed by atoms with Gasteiger partial charge in [0.05, 0.1) is 21.8 Å². The maximum Gasteiger partial charge on any atom is 0.227 e. The molecule has 1 aliphatic heterocycles. The van der Waals surface area contributed by atoms with Crippen molar-refractivity contribution < 1.29 is 4.74 Å². The first-order chi connectivity index (χ1) is 19.9. The van der Waals surface area contributed by atoms with Crippen LogP contribution in [0.5, 0.6) is 5.75 Å². The van der Waals surface area contributed by atoms with Gasteiger partial charge in [0.15, 0.2) is 0 Å². The fourth-order valence-corrected chi connectivity index (χ4v) is 5.44. The smallest absolute Gasteiger partial charge is 0.227 e. The molecule has 1 atom stereocenters. The number of aromatic nitrogens is 4. The Kier molecular flexibility index (Phi) is 7.74. The van der Waals surface area contributed by atoms with Gasteiger partial charge in [-0.15, -0.1) is 0 Å². The number of hydrogen-bond acceptors (Lipinski definition) is 8. The Morgan fingerprint density at radius 2 is 2.02 bits per heavy atom. The number of rotatable bonds is 9. The van der Waals surface area contributed by atoms with Crippen molar-refractivity contribution >= 4 is 34.4 Å². The predicted molar refractivity (Wildman–Crippen MR) is 165 cm³/mol. The highest BCUT2D eigenvalue weighted by atomic mass is 35.5. The molecule has 0 spiro atoms. The SMILES string of the molecule is CN1CCC(N(C)CCOc2cc(Nc3nccc(-c4c(-c5cccc(N)c5)nn5ccccc45)n3)ccc2Cl)C1. The molecule has 210 valence electrons. The van der Waals surface area contributed by atoms with E-state index in [-0.39, 0.29) is 0 Å². The monoisotopic (exact) mass is 568 g/mol. The third kappa shape index (κ3) is 5.97. The van der Waals surface area contributed by atoms with E-state index in [1.54, 1.807) is 6.20 Å². The number of fused-ring (bicyclic) bond motifs is 1. The van der Waals surface area contributed by atoms with Crippen LogP contribution in [0.2, 0.25) is 5.02 Å². The van der Waals surface area contributed by atoms with E-state index >= 15 is 0 Å². The highest BCUT2D eigenvalue weighted by Gasteiger charge is 2.23. The second-order valence-electron chi connectivity index (χ2n) is 10.4. The van der Waals surface area contributed by atoms with E-state index in [2.05, 4.69) is 34.2 Å². The van der Waals surface area contributed by atoms with E-state index in [0.717, 1.165) is 53.4 Å². The fourth-order valence-electron chi connectivity index (χ4n) is 5.27. The van der Waals surface area contributed by atoms with Crippen LogP contribution in [0.1, 0.15) is 6.42 Å². The molecule has 0 saturated carbocycles. The van der Waals surface area contributed by atoms with Gasteiger partial charge < -0.3 is 20.7 Å². The van der Waals surface area contributed by atoms with Gasteiger partial charge in [-0.1, -0.05) is 29.8 Å². The fraction of sp³-hybridized carbons (Fsp3) is 0.258. The van der Waals surface area contributed by atoms with Crippen LogP contribution in [-0.4, -0.2) is 75.8 Å². The maximum absolute atomic E-state index is 6.47. The van der Waals surface area contributed by atoms with Gasteiger partial charge in [0.1, 0.15) is 18.1 Å². The summed E-state index contributed by atoms with van der Waals surface area (Å²) in [5, 5.41) is 8.73. The zero-order valence-electron chi connectivity index (χ0n) is 23.2. The summed E-state index contributed by atoms with van der Waals surface area (Å²) in [6, 6.07) is 21.7. The molecule has 5 aromatic rings. The average Bonchev–Trinajstić information content (AvgIpc) is 3.59. The minimum Gasteiger partial charge on any atom is -0.491 e. The van der Waals surface area contributed by atoms with Crippen molar-refractivity contribution in [3.8, 4) is 28.3 Å². The highest BCUT2D eigenvalue weighted by Crippen LogP contribution is 2.35. The third-order valence-corrected chi connectivity index (χ3v) is 7.80. The number of nitrogen functional groups attached to an aromatic ring is 1. The van der Waals surface area contributed by atoms with Gasteiger partial charge in [-0.2, -0.15) is 5.10 Å². The van der Waals surface area contributed by atoms with E-state index in [4.69, 9.17) is 32.2 Å². The molecule has 41 heavy (non-hydrogen) atoms. The topological polar surface area (TPSA) is 96.8 Å². The summed E-state index contributed by atoms with van der Waals surface area (Å²) in [4.78, 5) is 14.1. The molecule has 0 bridgehead atoms. The number of likely N-dealkylation sites (tertiary alicyclic amines) is 1. The van der Waals surface area contributed by atoms with Crippen LogP contribution in [-0.2, 0) is 0 Å². The second kappa shape index (κ2) is 11.7. The van der Waals surface area contributed by atoms with Gasteiger partial charge in [0.2, 0.25) is 5.95 Å². The zero-order valence-corrected chi connectivity index (χ0v) is 23.9. The summed E-state index contributed by atoms with van der Waals surface area (Å²) < 4.78 is 7.94. The molecule has 4 heterocycles. The number of nitrogens with one attached hydrogen (secondary N) is 1. The van der Waals surface area contributed by atoms with Gasteiger partial charge >= 0.3 is 0 Å². The van der Waals surface area contributed by atoms with Gasteiger partial charge in [0, 0.05) is 54.5 Å². The molecular formula is C31H33ClN8O. The predicted octanol–water partition coefficient (Wildman–Crippen LogP) is 5.45. The van der Waals surface area contributed by atoms with Crippen LogP contribution in [0, 0.1) is 0 Å². The summed E-state index contributed by atoms with van der Waals surface area (Å²) in [6.45, 7) is 3.60. The number of likely N-dealkylation sites (N-methyl/N-ethyl adjacent to an activating group) is 2. The number of benzene rings is 2. The highest BCUT2D eigenvalue weighted by molar-refractivity contribution is 6.32. The summed E-state index contributed by atoms with van der Waals surface area (Å²) in [5.74, 6) is 1.08. The average molecular weight is 569 g/mol. The van der Waals surface area contributed by atoms with E-state index in [9.17, 15) is 0 Å². The molecule has 3 N–H and O–H groups in total. The van der Waals surface area contributed by atoms with Crippen LogP contribution < -0.4 is 15.8 Å². The summed E-state index contributed by atoms with van der Waals surface area (Å²) in [7, 11) is 4.32. The molecule has 3 aromatic heterocycles. The van der Waals surface area contributed by atoms with Crippen LogP contribution in [0.15, 0.2) is 79.1 Å². The molecule has 2 aromatic carbocycles. The van der Waals surface area contributed by atoms with E-state index in [1.807, 2.05) is 77.4 Å². The van der Waals surface area contributed by atoms with Crippen LogP contribution in [0.25, 0.3) is 28.0 Å². The number of pyridine rings is 1.